The first-order valence-corrected chi connectivity index (χ1v) is 12.4. The molecule has 0 fully saturated rings. The van der Waals surface area contributed by atoms with Gasteiger partial charge in [-0.1, -0.05) is 37.8 Å². The van der Waals surface area contributed by atoms with E-state index in [0.29, 0.717) is 0 Å². The van der Waals surface area contributed by atoms with Gasteiger partial charge in [0.05, 0.1) is 19.0 Å². The highest BCUT2D eigenvalue weighted by Crippen LogP contribution is 2.18. The SMILES string of the molecule is CCCCCC([SiH2]C(OCC)OCC)[SiH2]C(OCC)OCC. The van der Waals surface area contributed by atoms with Crippen molar-refractivity contribution in [2.45, 2.75) is 77.3 Å². The molecule has 0 amide bonds. The molecule has 0 aromatic carbocycles. The van der Waals surface area contributed by atoms with Gasteiger partial charge in [-0.2, -0.15) is 0 Å². The van der Waals surface area contributed by atoms with Gasteiger partial charge in [0.2, 0.25) is 0 Å². The highest BCUT2D eigenvalue weighted by molar-refractivity contribution is 6.59. The molecule has 4 nitrogen and oxygen atoms in total. The zero-order chi connectivity index (χ0) is 16.6. The van der Waals surface area contributed by atoms with Crippen molar-refractivity contribution in [3.05, 3.63) is 0 Å². The van der Waals surface area contributed by atoms with E-state index >= 15 is 0 Å². The first-order chi connectivity index (χ1) is 10.7. The molecule has 0 aromatic heterocycles. The Labute approximate surface area is 142 Å². The first-order valence-electron chi connectivity index (χ1n) is 9.17. The second kappa shape index (κ2) is 16.1. The third kappa shape index (κ3) is 11.8. The van der Waals surface area contributed by atoms with Crippen LogP contribution in [-0.2, 0) is 18.9 Å². The Morgan fingerprint density at radius 3 is 1.36 bits per heavy atom. The quantitative estimate of drug-likeness (QED) is 0.243. The lowest BCUT2D eigenvalue weighted by Gasteiger charge is -2.26. The van der Waals surface area contributed by atoms with Gasteiger partial charge in [-0.3, -0.25) is 0 Å². The molecule has 0 saturated carbocycles. The van der Waals surface area contributed by atoms with Crippen LogP contribution in [-0.4, -0.2) is 57.3 Å². The van der Waals surface area contributed by atoms with Crippen molar-refractivity contribution in [2.75, 3.05) is 26.4 Å². The predicted molar refractivity (Wildman–Crippen MR) is 99.1 cm³/mol. The van der Waals surface area contributed by atoms with Gasteiger partial charge < -0.3 is 18.9 Å². The van der Waals surface area contributed by atoms with Gasteiger partial charge in [0.1, 0.15) is 11.8 Å². The summed E-state index contributed by atoms with van der Waals surface area (Å²) in [7, 11) is -0.860. The van der Waals surface area contributed by atoms with E-state index in [1.807, 2.05) is 27.7 Å². The monoisotopic (exact) mass is 350 g/mol. The maximum atomic E-state index is 5.80. The summed E-state index contributed by atoms with van der Waals surface area (Å²) >= 11 is 0. The Kier molecular flexibility index (Phi) is 16.3. The molecule has 0 saturated heterocycles. The van der Waals surface area contributed by atoms with E-state index in [0.717, 1.165) is 31.6 Å². The van der Waals surface area contributed by atoms with Gasteiger partial charge in [0, 0.05) is 26.4 Å². The van der Waals surface area contributed by atoms with Crippen LogP contribution >= 0.6 is 0 Å². The van der Waals surface area contributed by atoms with Crippen LogP contribution in [0, 0.1) is 0 Å². The van der Waals surface area contributed by atoms with E-state index in [9.17, 15) is 0 Å². The van der Waals surface area contributed by atoms with Crippen molar-refractivity contribution in [1.29, 1.82) is 0 Å². The Hall–Kier alpha value is 0.274. The fourth-order valence-electron chi connectivity index (χ4n) is 2.67. The molecule has 0 aliphatic carbocycles. The van der Waals surface area contributed by atoms with Crippen molar-refractivity contribution in [1.82, 2.24) is 0 Å². The summed E-state index contributed by atoms with van der Waals surface area (Å²) in [6, 6.07) is 0. The molecule has 22 heavy (non-hydrogen) atoms. The largest absolute Gasteiger partial charge is 0.357 e. The van der Waals surface area contributed by atoms with E-state index in [1.165, 1.54) is 25.7 Å². The Bertz CT molecular complexity index is 202. The van der Waals surface area contributed by atoms with E-state index < -0.39 is 19.0 Å². The molecule has 0 atom stereocenters. The predicted octanol–water partition coefficient (Wildman–Crippen LogP) is 2.36. The van der Waals surface area contributed by atoms with Gasteiger partial charge >= 0.3 is 0 Å². The Balaban J connectivity index is 4.54. The van der Waals surface area contributed by atoms with Crippen LogP contribution in [0.5, 0.6) is 0 Å². The van der Waals surface area contributed by atoms with Crippen LogP contribution < -0.4 is 0 Å². The van der Waals surface area contributed by atoms with Crippen LogP contribution in [0.25, 0.3) is 0 Å². The minimum absolute atomic E-state index is 0.0676. The number of hydrogen-bond donors (Lipinski definition) is 0. The molecule has 0 aliphatic heterocycles. The fourth-order valence-corrected chi connectivity index (χ4v) is 8.70. The molecule has 6 heteroatoms. The van der Waals surface area contributed by atoms with Crippen LogP contribution in [0.1, 0.15) is 60.3 Å². The van der Waals surface area contributed by atoms with Crippen molar-refractivity contribution in [3.63, 3.8) is 0 Å². The highest BCUT2D eigenvalue weighted by atomic mass is 28.3. The minimum atomic E-state index is -0.430. The van der Waals surface area contributed by atoms with E-state index in [2.05, 4.69) is 6.92 Å². The third-order valence-corrected chi connectivity index (χ3v) is 9.54. The van der Waals surface area contributed by atoms with Crippen molar-refractivity contribution >= 4 is 19.0 Å². The molecule has 0 bridgehead atoms. The van der Waals surface area contributed by atoms with Crippen molar-refractivity contribution in [2.24, 2.45) is 0 Å². The summed E-state index contributed by atoms with van der Waals surface area (Å²) < 4.78 is 23.2. The minimum Gasteiger partial charge on any atom is -0.357 e. The number of ether oxygens (including phenoxy) is 4. The molecule has 0 rings (SSSR count). The van der Waals surface area contributed by atoms with Gasteiger partial charge in [0.25, 0.3) is 0 Å². The standard InChI is InChI=1S/C16H38O4Si2/c1-6-11-12-13-14(21-15(17-7-2)18-8-3)22-16(19-9-4)20-10-5/h14-16H,6-13,21-22H2,1-5H3. The van der Waals surface area contributed by atoms with Crippen LogP contribution in [0.4, 0.5) is 0 Å². The number of hydrogen-bond acceptors (Lipinski definition) is 4. The maximum absolute atomic E-state index is 5.80. The second-order valence-electron chi connectivity index (χ2n) is 5.51. The van der Waals surface area contributed by atoms with Gasteiger partial charge in [0.15, 0.2) is 0 Å². The molecule has 0 radical (unpaired) electrons. The molecule has 0 N–H and O–H groups in total. The zero-order valence-corrected chi connectivity index (χ0v) is 18.3. The third-order valence-electron chi connectivity index (χ3n) is 3.68. The average Bonchev–Trinajstić information content (AvgIpc) is 2.48. The topological polar surface area (TPSA) is 36.9 Å². The molecular formula is C16H38O4Si2. The van der Waals surface area contributed by atoms with Crippen molar-refractivity contribution in [3.8, 4) is 0 Å². The lowest BCUT2D eigenvalue weighted by molar-refractivity contribution is -0.0856. The molecule has 0 aromatic rings. The first kappa shape index (κ1) is 22.3. The Morgan fingerprint density at radius 1 is 0.636 bits per heavy atom. The van der Waals surface area contributed by atoms with E-state index in [1.54, 1.807) is 0 Å². The van der Waals surface area contributed by atoms with Gasteiger partial charge in [-0.15, -0.1) is 0 Å². The maximum Gasteiger partial charge on any atom is 0.134 e. The second-order valence-corrected chi connectivity index (χ2v) is 11.3. The van der Waals surface area contributed by atoms with E-state index in [-0.39, 0.29) is 11.8 Å². The van der Waals surface area contributed by atoms with E-state index in [4.69, 9.17) is 18.9 Å². The van der Waals surface area contributed by atoms with Crippen LogP contribution in [0.2, 0.25) is 5.16 Å². The van der Waals surface area contributed by atoms with Gasteiger partial charge in [-0.25, -0.2) is 0 Å². The number of rotatable bonds is 16. The van der Waals surface area contributed by atoms with Crippen LogP contribution in [0.3, 0.4) is 0 Å². The molecular weight excluding hydrogens is 312 g/mol. The lowest BCUT2D eigenvalue weighted by Crippen LogP contribution is -2.36. The van der Waals surface area contributed by atoms with Gasteiger partial charge in [-0.05, 0) is 27.7 Å². The zero-order valence-electron chi connectivity index (χ0n) is 15.4. The van der Waals surface area contributed by atoms with Crippen LogP contribution in [0.15, 0.2) is 0 Å². The summed E-state index contributed by atoms with van der Waals surface area (Å²) in [6.07, 6.45) is 5.22. The summed E-state index contributed by atoms with van der Waals surface area (Å²) in [4.78, 5) is 0. The van der Waals surface area contributed by atoms with Crippen molar-refractivity contribution < 1.29 is 18.9 Å². The Morgan fingerprint density at radius 2 is 1.05 bits per heavy atom. The summed E-state index contributed by atoms with van der Waals surface area (Å²) in [6.45, 7) is 13.4. The molecule has 0 heterocycles. The average molecular weight is 351 g/mol. The molecule has 0 spiro atoms. The normalized spacial score (nSPS) is 14.3. The molecule has 0 aliphatic rings. The summed E-state index contributed by atoms with van der Waals surface area (Å²) in [5.74, 6) is 0.135. The lowest BCUT2D eigenvalue weighted by atomic mass is 10.2. The smallest absolute Gasteiger partial charge is 0.134 e. The number of unbranched alkanes of at least 4 members (excludes halogenated alkanes) is 2. The summed E-state index contributed by atoms with van der Waals surface area (Å²) in [5.41, 5.74) is 0. The molecule has 134 valence electrons. The summed E-state index contributed by atoms with van der Waals surface area (Å²) in [5, 5.41) is 0.790. The fraction of sp³-hybridized carbons (Fsp3) is 1.00. The molecule has 0 unspecified atom stereocenters. The highest BCUT2D eigenvalue weighted by Gasteiger charge is 2.23.